The van der Waals surface area contributed by atoms with Crippen LogP contribution in [0.1, 0.15) is 12.6 Å². The average Bonchev–Trinajstić information content (AvgIpc) is 2.44. The van der Waals surface area contributed by atoms with Gasteiger partial charge in [-0.05, 0) is 6.92 Å². The predicted octanol–water partition coefficient (Wildman–Crippen LogP) is 0.0140. The summed E-state index contributed by atoms with van der Waals surface area (Å²) >= 11 is 0. The summed E-state index contributed by atoms with van der Waals surface area (Å²) < 4.78 is 1.65. The molecule has 0 amide bonds. The Morgan fingerprint density at radius 2 is 2.38 bits per heavy atom. The van der Waals surface area contributed by atoms with Crippen molar-refractivity contribution in [3.05, 3.63) is 24.3 Å². The van der Waals surface area contributed by atoms with E-state index < -0.39 is 0 Å². The number of aromatic nitrogens is 4. The zero-order valence-electron chi connectivity index (χ0n) is 7.38. The highest BCUT2D eigenvalue weighted by molar-refractivity contribution is 5.27. The molecule has 5 heteroatoms. The largest absolute Gasteiger partial charge is 0.328 e. The molecule has 0 aliphatic carbocycles. The Morgan fingerprint density at radius 3 is 3.08 bits per heavy atom. The lowest BCUT2D eigenvalue weighted by Gasteiger charge is -1.98. The molecule has 68 valence electrons. The van der Waals surface area contributed by atoms with Crippen LogP contribution >= 0.6 is 0 Å². The zero-order valence-corrected chi connectivity index (χ0v) is 7.38. The molecule has 2 aromatic rings. The van der Waals surface area contributed by atoms with E-state index in [1.54, 1.807) is 16.9 Å². The molecular weight excluding hydrogens is 166 g/mol. The SMILES string of the molecule is CC(N)Cc1cn2nccnc2n1. The summed E-state index contributed by atoms with van der Waals surface area (Å²) in [4.78, 5) is 8.32. The number of nitrogens with zero attached hydrogens (tertiary/aromatic N) is 4. The molecule has 13 heavy (non-hydrogen) atoms. The van der Waals surface area contributed by atoms with Crippen LogP contribution in [0.5, 0.6) is 0 Å². The minimum Gasteiger partial charge on any atom is -0.328 e. The molecule has 5 nitrogen and oxygen atoms in total. The maximum atomic E-state index is 5.66. The topological polar surface area (TPSA) is 69.1 Å². The standard InChI is InChI=1S/C8H11N5/c1-6(9)4-7-5-13-8(12-7)10-2-3-11-13/h2-3,5-6H,4,9H2,1H3. The molecule has 1 unspecified atom stereocenters. The fourth-order valence-electron chi connectivity index (χ4n) is 1.21. The number of hydrogen-bond donors (Lipinski definition) is 1. The summed E-state index contributed by atoms with van der Waals surface area (Å²) in [6.45, 7) is 1.95. The van der Waals surface area contributed by atoms with Crippen molar-refractivity contribution >= 4 is 5.78 Å². The van der Waals surface area contributed by atoms with Gasteiger partial charge in [0.2, 0.25) is 0 Å². The third-order valence-corrected chi connectivity index (χ3v) is 1.70. The first-order valence-electron chi connectivity index (χ1n) is 4.16. The van der Waals surface area contributed by atoms with Gasteiger partial charge in [-0.2, -0.15) is 5.10 Å². The molecule has 0 saturated carbocycles. The summed E-state index contributed by atoms with van der Waals surface area (Å²) in [5.41, 5.74) is 6.59. The van der Waals surface area contributed by atoms with Gasteiger partial charge >= 0.3 is 0 Å². The molecule has 0 fully saturated rings. The van der Waals surface area contributed by atoms with Crippen molar-refractivity contribution in [1.29, 1.82) is 0 Å². The second-order valence-electron chi connectivity index (χ2n) is 3.10. The minimum atomic E-state index is 0.116. The number of imidazole rings is 1. The van der Waals surface area contributed by atoms with Gasteiger partial charge in [-0.25, -0.2) is 14.5 Å². The van der Waals surface area contributed by atoms with Crippen LogP contribution in [0.2, 0.25) is 0 Å². The number of hydrogen-bond acceptors (Lipinski definition) is 4. The van der Waals surface area contributed by atoms with Crippen molar-refractivity contribution in [2.45, 2.75) is 19.4 Å². The lowest BCUT2D eigenvalue weighted by molar-refractivity contribution is 0.725. The van der Waals surface area contributed by atoms with E-state index in [9.17, 15) is 0 Å². The van der Waals surface area contributed by atoms with E-state index in [0.717, 1.165) is 12.1 Å². The smallest absolute Gasteiger partial charge is 0.250 e. The van der Waals surface area contributed by atoms with Crippen LogP contribution in [-0.4, -0.2) is 25.6 Å². The van der Waals surface area contributed by atoms with E-state index in [4.69, 9.17) is 5.73 Å². The highest BCUT2D eigenvalue weighted by atomic mass is 15.3. The monoisotopic (exact) mass is 177 g/mol. The average molecular weight is 177 g/mol. The maximum Gasteiger partial charge on any atom is 0.250 e. The van der Waals surface area contributed by atoms with E-state index in [0.29, 0.717) is 5.78 Å². The van der Waals surface area contributed by atoms with Crippen LogP contribution in [0.3, 0.4) is 0 Å². The van der Waals surface area contributed by atoms with Gasteiger partial charge in [0.1, 0.15) is 0 Å². The first-order valence-corrected chi connectivity index (χ1v) is 4.16. The molecule has 0 bridgehead atoms. The second-order valence-corrected chi connectivity index (χ2v) is 3.10. The Bertz CT molecular complexity index is 373. The summed E-state index contributed by atoms with van der Waals surface area (Å²) in [5.74, 6) is 0.623. The van der Waals surface area contributed by atoms with Crippen molar-refractivity contribution in [2.75, 3.05) is 0 Å². The highest BCUT2D eigenvalue weighted by Gasteiger charge is 2.04. The van der Waals surface area contributed by atoms with E-state index in [1.807, 2.05) is 13.1 Å². The van der Waals surface area contributed by atoms with Crippen LogP contribution in [0.25, 0.3) is 5.78 Å². The molecule has 0 aromatic carbocycles. The van der Waals surface area contributed by atoms with Gasteiger partial charge in [0, 0.05) is 12.5 Å². The van der Waals surface area contributed by atoms with Gasteiger partial charge in [0.25, 0.3) is 5.78 Å². The predicted molar refractivity (Wildman–Crippen MR) is 48.1 cm³/mol. The first kappa shape index (κ1) is 8.12. The van der Waals surface area contributed by atoms with Crippen LogP contribution in [-0.2, 0) is 6.42 Å². The molecule has 2 aromatic heterocycles. The fraction of sp³-hybridized carbons (Fsp3) is 0.375. The van der Waals surface area contributed by atoms with Gasteiger partial charge in [-0.15, -0.1) is 0 Å². The van der Waals surface area contributed by atoms with Crippen molar-refractivity contribution in [1.82, 2.24) is 19.6 Å². The summed E-state index contributed by atoms with van der Waals surface area (Å²) in [5, 5.41) is 4.06. The Morgan fingerprint density at radius 1 is 1.54 bits per heavy atom. The van der Waals surface area contributed by atoms with E-state index in [2.05, 4.69) is 15.1 Å². The Labute approximate surface area is 75.6 Å². The van der Waals surface area contributed by atoms with Crippen LogP contribution in [0.4, 0.5) is 0 Å². The molecule has 0 spiro atoms. The van der Waals surface area contributed by atoms with Crippen LogP contribution in [0.15, 0.2) is 18.6 Å². The summed E-state index contributed by atoms with van der Waals surface area (Å²) in [6.07, 6.45) is 5.86. The van der Waals surface area contributed by atoms with E-state index in [-0.39, 0.29) is 6.04 Å². The van der Waals surface area contributed by atoms with E-state index >= 15 is 0 Å². The van der Waals surface area contributed by atoms with Crippen LogP contribution < -0.4 is 5.73 Å². The van der Waals surface area contributed by atoms with Crippen molar-refractivity contribution in [3.8, 4) is 0 Å². The minimum absolute atomic E-state index is 0.116. The first-order chi connectivity index (χ1) is 6.25. The highest BCUT2D eigenvalue weighted by Crippen LogP contribution is 2.01. The fourth-order valence-corrected chi connectivity index (χ4v) is 1.21. The molecule has 2 rings (SSSR count). The molecular formula is C8H11N5. The lowest BCUT2D eigenvalue weighted by Crippen LogP contribution is -2.17. The molecule has 1 atom stereocenters. The Hall–Kier alpha value is -1.49. The third-order valence-electron chi connectivity index (χ3n) is 1.70. The Kier molecular flexibility index (Phi) is 1.94. The van der Waals surface area contributed by atoms with Gasteiger partial charge in [0.15, 0.2) is 0 Å². The maximum absolute atomic E-state index is 5.66. The molecule has 2 N–H and O–H groups in total. The molecule has 0 saturated heterocycles. The second kappa shape index (κ2) is 3.10. The summed E-state index contributed by atoms with van der Waals surface area (Å²) in [7, 11) is 0. The van der Waals surface area contributed by atoms with Crippen molar-refractivity contribution < 1.29 is 0 Å². The zero-order chi connectivity index (χ0) is 9.26. The van der Waals surface area contributed by atoms with Crippen molar-refractivity contribution in [2.24, 2.45) is 5.73 Å². The normalized spacial score (nSPS) is 13.4. The van der Waals surface area contributed by atoms with Gasteiger partial charge in [0.05, 0.1) is 24.3 Å². The molecule has 0 aliphatic heterocycles. The van der Waals surface area contributed by atoms with E-state index in [1.165, 1.54) is 0 Å². The quantitative estimate of drug-likeness (QED) is 0.701. The van der Waals surface area contributed by atoms with Crippen LogP contribution in [0, 0.1) is 0 Å². The molecule has 0 aliphatic rings. The third kappa shape index (κ3) is 1.65. The lowest BCUT2D eigenvalue weighted by atomic mass is 10.2. The summed E-state index contributed by atoms with van der Waals surface area (Å²) in [6, 6.07) is 0.116. The Balaban J connectivity index is 2.38. The molecule has 0 radical (unpaired) electrons. The number of nitrogens with two attached hydrogens (primary N) is 1. The van der Waals surface area contributed by atoms with Gasteiger partial charge in [-0.1, -0.05) is 0 Å². The molecule has 2 heterocycles. The van der Waals surface area contributed by atoms with Gasteiger partial charge in [-0.3, -0.25) is 0 Å². The van der Waals surface area contributed by atoms with Gasteiger partial charge < -0.3 is 5.73 Å². The number of fused-ring (bicyclic) bond motifs is 1. The number of rotatable bonds is 2. The van der Waals surface area contributed by atoms with Crippen molar-refractivity contribution in [3.63, 3.8) is 0 Å².